The van der Waals surface area contributed by atoms with Crippen LogP contribution in [0.15, 0.2) is 30.5 Å². The number of aromatic nitrogens is 2. The van der Waals surface area contributed by atoms with Crippen LogP contribution in [0.5, 0.6) is 0 Å². The van der Waals surface area contributed by atoms with Crippen molar-refractivity contribution in [1.82, 2.24) is 9.97 Å². The highest BCUT2D eigenvalue weighted by Crippen LogP contribution is 2.48. The summed E-state index contributed by atoms with van der Waals surface area (Å²) in [7, 11) is 0. The van der Waals surface area contributed by atoms with E-state index in [-0.39, 0.29) is 11.8 Å². The highest BCUT2D eigenvalue weighted by Gasteiger charge is 2.51. The lowest BCUT2D eigenvalue weighted by Crippen LogP contribution is -2.38. The minimum Gasteiger partial charge on any atom is -0.390 e. The van der Waals surface area contributed by atoms with Gasteiger partial charge in [0.2, 0.25) is 5.95 Å². The van der Waals surface area contributed by atoms with Crippen LogP contribution in [0.1, 0.15) is 12.8 Å². The first-order valence-electron chi connectivity index (χ1n) is 7.54. The molecule has 5 atom stereocenters. The van der Waals surface area contributed by atoms with Crippen molar-refractivity contribution in [3.8, 4) is 0 Å². The summed E-state index contributed by atoms with van der Waals surface area (Å²) in [6.07, 6.45) is 2.65. The molecule has 3 N–H and O–H groups in total. The Morgan fingerprint density at radius 1 is 1.14 bits per heavy atom. The predicted octanol–water partition coefficient (Wildman–Crippen LogP) is 1.42. The smallest absolute Gasteiger partial charge is 0.223 e. The van der Waals surface area contributed by atoms with Crippen molar-refractivity contribution in [2.75, 3.05) is 11.9 Å². The van der Waals surface area contributed by atoms with E-state index in [4.69, 9.17) is 0 Å². The topological polar surface area (TPSA) is 78.3 Å². The van der Waals surface area contributed by atoms with Crippen LogP contribution < -0.4 is 5.32 Å². The minimum atomic E-state index is -0.562. The molecule has 0 aliphatic heterocycles. The molecule has 2 bridgehead atoms. The van der Waals surface area contributed by atoms with Crippen LogP contribution in [0.3, 0.4) is 0 Å². The summed E-state index contributed by atoms with van der Waals surface area (Å²) in [6, 6.07) is 7.90. The first-order chi connectivity index (χ1) is 10.2. The average molecular weight is 285 g/mol. The van der Waals surface area contributed by atoms with Crippen LogP contribution in [0.4, 0.5) is 5.95 Å². The van der Waals surface area contributed by atoms with Crippen molar-refractivity contribution in [2.45, 2.75) is 25.0 Å². The maximum atomic E-state index is 9.99. The molecule has 0 saturated heterocycles. The van der Waals surface area contributed by atoms with E-state index in [2.05, 4.69) is 15.3 Å². The second-order valence-electron chi connectivity index (χ2n) is 6.27. The minimum absolute atomic E-state index is 0.206. The molecular weight excluding hydrogens is 266 g/mol. The van der Waals surface area contributed by atoms with Crippen molar-refractivity contribution in [3.63, 3.8) is 0 Å². The zero-order valence-corrected chi connectivity index (χ0v) is 11.7. The lowest BCUT2D eigenvalue weighted by Gasteiger charge is -2.29. The van der Waals surface area contributed by atoms with E-state index in [1.54, 1.807) is 0 Å². The molecule has 2 aromatic rings. The molecule has 0 radical (unpaired) electrons. The maximum Gasteiger partial charge on any atom is 0.223 e. The molecule has 0 amide bonds. The fourth-order valence-electron chi connectivity index (χ4n) is 3.95. The molecule has 1 aromatic heterocycles. The number of hydrogen-bond acceptors (Lipinski definition) is 5. The number of anilines is 1. The highest BCUT2D eigenvalue weighted by molar-refractivity contribution is 5.78. The number of nitrogens with one attached hydrogen (secondary N) is 1. The molecule has 0 unspecified atom stereocenters. The van der Waals surface area contributed by atoms with E-state index in [1.165, 1.54) is 0 Å². The van der Waals surface area contributed by atoms with Gasteiger partial charge in [-0.1, -0.05) is 18.2 Å². The second kappa shape index (κ2) is 4.93. The maximum absolute atomic E-state index is 9.99. The van der Waals surface area contributed by atoms with Crippen molar-refractivity contribution < 1.29 is 10.2 Å². The van der Waals surface area contributed by atoms with Gasteiger partial charge in [-0.05, 0) is 36.7 Å². The Balaban J connectivity index is 1.45. The van der Waals surface area contributed by atoms with Crippen molar-refractivity contribution in [3.05, 3.63) is 30.5 Å². The molecule has 110 valence electrons. The van der Waals surface area contributed by atoms with Gasteiger partial charge in [-0.25, -0.2) is 9.97 Å². The molecular formula is C16H19N3O2. The standard InChI is InChI=1S/C16H19N3O2/c20-14-10-5-11(12(6-10)15(14)21)8-18-16-17-7-9-3-1-2-4-13(9)19-16/h1-4,7,10-12,14-15,20-21H,5-6,8H2,(H,17,18,19)/t10-,11-,12-,14+,15-/m1/s1. The van der Waals surface area contributed by atoms with Crippen LogP contribution in [0.2, 0.25) is 0 Å². The largest absolute Gasteiger partial charge is 0.390 e. The van der Waals surface area contributed by atoms with Gasteiger partial charge in [0.05, 0.1) is 17.7 Å². The third kappa shape index (κ3) is 2.17. The Labute approximate surface area is 123 Å². The summed E-state index contributed by atoms with van der Waals surface area (Å²) in [4.78, 5) is 8.83. The number of nitrogens with zero attached hydrogens (tertiary/aromatic N) is 2. The number of aliphatic hydroxyl groups excluding tert-OH is 2. The second-order valence-corrected chi connectivity index (χ2v) is 6.27. The molecule has 2 fully saturated rings. The summed E-state index contributed by atoms with van der Waals surface area (Å²) < 4.78 is 0. The van der Waals surface area contributed by atoms with Crippen LogP contribution in [0.25, 0.3) is 10.9 Å². The van der Waals surface area contributed by atoms with Crippen molar-refractivity contribution in [1.29, 1.82) is 0 Å². The quantitative estimate of drug-likeness (QED) is 0.795. The summed E-state index contributed by atoms with van der Waals surface area (Å²) in [5.41, 5.74) is 0.929. The molecule has 5 nitrogen and oxygen atoms in total. The Hall–Kier alpha value is -1.72. The van der Waals surface area contributed by atoms with Crippen molar-refractivity contribution in [2.24, 2.45) is 17.8 Å². The molecule has 5 heteroatoms. The lowest BCUT2D eigenvalue weighted by atomic mass is 9.85. The first-order valence-corrected chi connectivity index (χ1v) is 7.54. The van der Waals surface area contributed by atoms with Crippen LogP contribution in [0, 0.1) is 17.8 Å². The van der Waals surface area contributed by atoms with Crippen LogP contribution in [-0.4, -0.2) is 38.9 Å². The van der Waals surface area contributed by atoms with Gasteiger partial charge in [0.25, 0.3) is 0 Å². The first kappa shape index (κ1) is 13.0. The summed E-state index contributed by atoms with van der Waals surface area (Å²) in [6.45, 7) is 0.753. The summed E-state index contributed by atoms with van der Waals surface area (Å²) >= 11 is 0. The average Bonchev–Trinajstić information content (AvgIpc) is 3.05. The van der Waals surface area contributed by atoms with Gasteiger partial charge >= 0.3 is 0 Å². The van der Waals surface area contributed by atoms with Crippen LogP contribution >= 0.6 is 0 Å². The van der Waals surface area contributed by atoms with Gasteiger partial charge in [0, 0.05) is 18.1 Å². The fourth-order valence-corrected chi connectivity index (χ4v) is 3.95. The zero-order valence-electron chi connectivity index (χ0n) is 11.7. The number of benzene rings is 1. The molecule has 2 aliphatic rings. The normalized spacial score (nSPS) is 34.5. The monoisotopic (exact) mass is 285 g/mol. The predicted molar refractivity (Wildman–Crippen MR) is 79.7 cm³/mol. The molecule has 2 aliphatic carbocycles. The van der Waals surface area contributed by atoms with Gasteiger partial charge in [0.15, 0.2) is 0 Å². The molecule has 2 saturated carbocycles. The van der Waals surface area contributed by atoms with Gasteiger partial charge in [-0.15, -0.1) is 0 Å². The number of aliphatic hydroxyl groups is 2. The Bertz CT molecular complexity index is 661. The Morgan fingerprint density at radius 3 is 2.81 bits per heavy atom. The summed E-state index contributed by atoms with van der Waals surface area (Å²) in [5.74, 6) is 1.49. The number of para-hydroxylation sites is 1. The van der Waals surface area contributed by atoms with Gasteiger partial charge in [0.1, 0.15) is 0 Å². The van der Waals surface area contributed by atoms with E-state index in [1.807, 2.05) is 30.5 Å². The van der Waals surface area contributed by atoms with Gasteiger partial charge in [-0.2, -0.15) is 0 Å². The molecule has 1 aromatic carbocycles. The molecule has 1 heterocycles. The Morgan fingerprint density at radius 2 is 2.00 bits per heavy atom. The number of fused-ring (bicyclic) bond motifs is 3. The van der Waals surface area contributed by atoms with E-state index in [0.717, 1.165) is 30.3 Å². The zero-order chi connectivity index (χ0) is 14.4. The van der Waals surface area contributed by atoms with E-state index < -0.39 is 12.2 Å². The number of hydrogen-bond donors (Lipinski definition) is 3. The van der Waals surface area contributed by atoms with E-state index in [9.17, 15) is 10.2 Å². The summed E-state index contributed by atoms with van der Waals surface area (Å²) in [5, 5.41) is 24.1. The Kier molecular flexibility index (Phi) is 3.05. The third-order valence-corrected chi connectivity index (χ3v) is 5.07. The number of rotatable bonds is 3. The molecule has 21 heavy (non-hydrogen) atoms. The lowest BCUT2D eigenvalue weighted by molar-refractivity contribution is -0.0317. The third-order valence-electron chi connectivity index (χ3n) is 5.07. The van der Waals surface area contributed by atoms with E-state index in [0.29, 0.717) is 11.9 Å². The molecule has 4 rings (SSSR count). The highest BCUT2D eigenvalue weighted by atomic mass is 16.3. The van der Waals surface area contributed by atoms with Crippen molar-refractivity contribution >= 4 is 16.9 Å². The van der Waals surface area contributed by atoms with Gasteiger partial charge < -0.3 is 15.5 Å². The fraction of sp³-hybridized carbons (Fsp3) is 0.500. The van der Waals surface area contributed by atoms with Crippen LogP contribution in [-0.2, 0) is 0 Å². The SMILES string of the molecule is O[C@H]1[C@@H]2C[C@H](CNc3ncc4ccccc4n3)[C@@H](C2)[C@H]1O. The van der Waals surface area contributed by atoms with Gasteiger partial charge in [-0.3, -0.25) is 0 Å². The molecule has 0 spiro atoms. The van der Waals surface area contributed by atoms with E-state index >= 15 is 0 Å².